The van der Waals surface area contributed by atoms with Crippen LogP contribution in [0.5, 0.6) is 0 Å². The predicted octanol–water partition coefficient (Wildman–Crippen LogP) is 0.834. The van der Waals surface area contributed by atoms with Gasteiger partial charge in [0, 0.05) is 38.2 Å². The minimum atomic E-state index is -0.00741. The minimum Gasteiger partial charge on any atom is -0.345 e. The molecule has 0 saturated carbocycles. The summed E-state index contributed by atoms with van der Waals surface area (Å²) in [7, 11) is 3.46. The fourth-order valence-corrected chi connectivity index (χ4v) is 1.72. The normalized spacial score (nSPS) is 10.1. The zero-order valence-electron chi connectivity index (χ0n) is 8.93. The van der Waals surface area contributed by atoms with E-state index in [4.69, 9.17) is 5.73 Å². The monoisotopic (exact) mass is 225 g/mol. The van der Waals surface area contributed by atoms with Crippen LogP contribution in [0, 0.1) is 0 Å². The first-order valence-corrected chi connectivity index (χ1v) is 5.64. The molecule has 0 aliphatic rings. The summed E-state index contributed by atoms with van der Waals surface area (Å²) in [6.45, 7) is 0.609. The van der Waals surface area contributed by atoms with Gasteiger partial charge in [0.2, 0.25) is 0 Å². The van der Waals surface area contributed by atoms with E-state index in [9.17, 15) is 4.79 Å². The summed E-state index contributed by atoms with van der Waals surface area (Å²) in [5.41, 5.74) is 6.06. The van der Waals surface area contributed by atoms with Crippen LogP contribution in [0.25, 0.3) is 0 Å². The number of carbonyl (C=O) groups is 1. The van der Waals surface area contributed by atoms with Crippen molar-refractivity contribution in [3.8, 4) is 0 Å². The highest BCUT2D eigenvalue weighted by atomic mass is 32.2. The Morgan fingerprint density at radius 2 is 2.33 bits per heavy atom. The number of nitrogens with zero attached hydrogens (tertiary/aromatic N) is 2. The zero-order chi connectivity index (χ0) is 11.3. The van der Waals surface area contributed by atoms with Gasteiger partial charge in [-0.2, -0.15) is 0 Å². The molecule has 0 bridgehead atoms. The first kappa shape index (κ1) is 12.0. The molecule has 0 saturated heterocycles. The van der Waals surface area contributed by atoms with E-state index in [1.807, 2.05) is 0 Å². The number of rotatable bonds is 4. The number of amides is 1. The van der Waals surface area contributed by atoms with E-state index in [1.165, 1.54) is 0 Å². The maximum atomic E-state index is 11.6. The third-order valence-corrected chi connectivity index (χ3v) is 2.71. The highest BCUT2D eigenvalue weighted by Gasteiger charge is 2.08. The van der Waals surface area contributed by atoms with Gasteiger partial charge in [0.15, 0.2) is 0 Å². The van der Waals surface area contributed by atoms with E-state index in [0.717, 1.165) is 10.8 Å². The maximum Gasteiger partial charge on any atom is 0.253 e. The molecule has 0 fully saturated rings. The summed E-state index contributed by atoms with van der Waals surface area (Å²) >= 11 is 1.56. The number of pyridine rings is 1. The summed E-state index contributed by atoms with van der Waals surface area (Å²) < 4.78 is 0. The average molecular weight is 225 g/mol. The molecule has 1 rings (SSSR count). The Labute approximate surface area is 93.9 Å². The topological polar surface area (TPSA) is 59.2 Å². The highest BCUT2D eigenvalue weighted by Crippen LogP contribution is 2.15. The Kier molecular flexibility index (Phi) is 4.58. The van der Waals surface area contributed by atoms with Gasteiger partial charge >= 0.3 is 0 Å². The number of aromatic nitrogens is 1. The lowest BCUT2D eigenvalue weighted by Crippen LogP contribution is -2.21. The lowest BCUT2D eigenvalue weighted by atomic mass is 10.2. The van der Waals surface area contributed by atoms with Gasteiger partial charge in [-0.15, -0.1) is 11.8 Å². The molecule has 0 aromatic carbocycles. The van der Waals surface area contributed by atoms with Crippen LogP contribution in [0.4, 0.5) is 0 Å². The second-order valence-corrected chi connectivity index (χ2v) is 4.33. The van der Waals surface area contributed by atoms with Gasteiger partial charge in [-0.25, -0.2) is 4.98 Å². The van der Waals surface area contributed by atoms with E-state index in [-0.39, 0.29) is 5.91 Å². The molecule has 0 aliphatic heterocycles. The number of hydrogen-bond donors (Lipinski definition) is 1. The molecule has 15 heavy (non-hydrogen) atoms. The van der Waals surface area contributed by atoms with Gasteiger partial charge < -0.3 is 10.6 Å². The molecule has 0 unspecified atom stereocenters. The second-order valence-electron chi connectivity index (χ2n) is 3.22. The number of thioether (sulfide) groups is 1. The van der Waals surface area contributed by atoms with Gasteiger partial charge in [-0.3, -0.25) is 4.79 Å². The molecule has 0 spiro atoms. The lowest BCUT2D eigenvalue weighted by Gasteiger charge is -2.10. The van der Waals surface area contributed by atoms with Crippen molar-refractivity contribution in [2.45, 2.75) is 5.03 Å². The van der Waals surface area contributed by atoms with Crippen LogP contribution < -0.4 is 5.73 Å². The summed E-state index contributed by atoms with van der Waals surface area (Å²) in [6, 6.07) is 3.51. The van der Waals surface area contributed by atoms with Crippen LogP contribution in [0.1, 0.15) is 10.4 Å². The van der Waals surface area contributed by atoms with Crippen LogP contribution in [-0.2, 0) is 0 Å². The molecule has 0 atom stereocenters. The van der Waals surface area contributed by atoms with Gasteiger partial charge in [-0.05, 0) is 12.1 Å². The fraction of sp³-hybridized carbons (Fsp3) is 0.400. The van der Waals surface area contributed by atoms with E-state index in [0.29, 0.717) is 12.1 Å². The Morgan fingerprint density at radius 3 is 2.93 bits per heavy atom. The molecule has 0 aliphatic carbocycles. The second kappa shape index (κ2) is 5.72. The van der Waals surface area contributed by atoms with E-state index >= 15 is 0 Å². The first-order chi connectivity index (χ1) is 7.15. The van der Waals surface area contributed by atoms with Crippen molar-refractivity contribution in [1.29, 1.82) is 0 Å². The zero-order valence-corrected chi connectivity index (χ0v) is 9.75. The average Bonchev–Trinajstić information content (AvgIpc) is 2.25. The molecule has 1 amide bonds. The fourth-order valence-electron chi connectivity index (χ4n) is 1.04. The molecule has 1 aromatic rings. The van der Waals surface area contributed by atoms with Crippen molar-refractivity contribution >= 4 is 17.7 Å². The molecule has 0 radical (unpaired) electrons. The van der Waals surface area contributed by atoms with Crippen LogP contribution >= 0.6 is 11.8 Å². The third kappa shape index (κ3) is 3.53. The van der Waals surface area contributed by atoms with Gasteiger partial charge in [0.05, 0.1) is 5.03 Å². The van der Waals surface area contributed by atoms with E-state index in [1.54, 1.807) is 49.1 Å². The summed E-state index contributed by atoms with van der Waals surface area (Å²) in [4.78, 5) is 17.3. The van der Waals surface area contributed by atoms with Crippen molar-refractivity contribution in [2.24, 2.45) is 5.73 Å². The minimum absolute atomic E-state index is 0.00741. The Balaban J connectivity index is 2.78. The van der Waals surface area contributed by atoms with E-state index < -0.39 is 0 Å². The maximum absolute atomic E-state index is 11.6. The third-order valence-electron chi connectivity index (χ3n) is 1.76. The van der Waals surface area contributed by atoms with Crippen molar-refractivity contribution in [2.75, 3.05) is 26.4 Å². The molecule has 2 N–H and O–H groups in total. The number of nitrogens with two attached hydrogens (primary N) is 1. The van der Waals surface area contributed by atoms with Gasteiger partial charge in [0.1, 0.15) is 0 Å². The van der Waals surface area contributed by atoms with E-state index in [2.05, 4.69) is 4.98 Å². The number of hydrogen-bond acceptors (Lipinski definition) is 4. The molecule has 1 aromatic heterocycles. The van der Waals surface area contributed by atoms with Gasteiger partial charge in [-0.1, -0.05) is 0 Å². The molecule has 82 valence electrons. The summed E-state index contributed by atoms with van der Waals surface area (Å²) in [6.07, 6.45) is 1.65. The standard InChI is InChI=1S/C10H15N3OS/c1-13(2)10(14)8-3-5-12-9(7-8)15-6-4-11/h3,5,7H,4,6,11H2,1-2H3. The molecule has 5 heteroatoms. The van der Waals surface area contributed by atoms with Crippen LogP contribution in [0.2, 0.25) is 0 Å². The van der Waals surface area contributed by atoms with Crippen molar-refractivity contribution in [3.05, 3.63) is 23.9 Å². The summed E-state index contributed by atoms with van der Waals surface area (Å²) in [5.74, 6) is 0.805. The Morgan fingerprint density at radius 1 is 1.60 bits per heavy atom. The lowest BCUT2D eigenvalue weighted by molar-refractivity contribution is 0.0827. The smallest absolute Gasteiger partial charge is 0.253 e. The molecule has 1 heterocycles. The van der Waals surface area contributed by atoms with Crippen LogP contribution in [-0.4, -0.2) is 42.2 Å². The molecular formula is C10H15N3OS. The Bertz CT molecular complexity index is 341. The van der Waals surface area contributed by atoms with Crippen LogP contribution in [0.3, 0.4) is 0 Å². The first-order valence-electron chi connectivity index (χ1n) is 4.65. The highest BCUT2D eigenvalue weighted by molar-refractivity contribution is 7.99. The van der Waals surface area contributed by atoms with Crippen molar-refractivity contribution in [3.63, 3.8) is 0 Å². The molecular weight excluding hydrogens is 210 g/mol. The quantitative estimate of drug-likeness (QED) is 0.771. The van der Waals surface area contributed by atoms with Gasteiger partial charge in [0.25, 0.3) is 5.91 Å². The van der Waals surface area contributed by atoms with Crippen molar-refractivity contribution in [1.82, 2.24) is 9.88 Å². The summed E-state index contributed by atoms with van der Waals surface area (Å²) in [5, 5.41) is 0.841. The van der Waals surface area contributed by atoms with Crippen LogP contribution in [0.15, 0.2) is 23.4 Å². The predicted molar refractivity (Wildman–Crippen MR) is 62.0 cm³/mol. The SMILES string of the molecule is CN(C)C(=O)c1ccnc(SCCN)c1. The molecule has 4 nitrogen and oxygen atoms in total. The largest absolute Gasteiger partial charge is 0.345 e. The Hall–Kier alpha value is -1.07. The number of carbonyl (C=O) groups excluding carboxylic acids is 1. The van der Waals surface area contributed by atoms with Crippen molar-refractivity contribution < 1.29 is 4.79 Å².